The second-order valence-electron chi connectivity index (χ2n) is 5.93. The van der Waals surface area contributed by atoms with Crippen molar-refractivity contribution in [3.63, 3.8) is 0 Å². The molecule has 138 valence electrons. The molecule has 0 saturated carbocycles. The molecule has 3 aromatic rings. The molecule has 0 aliphatic rings. The van der Waals surface area contributed by atoms with Crippen LogP contribution in [-0.4, -0.2) is 41.7 Å². The van der Waals surface area contributed by atoms with Gasteiger partial charge in [-0.05, 0) is 46.0 Å². The molecule has 0 bridgehead atoms. The highest BCUT2D eigenvalue weighted by Crippen LogP contribution is 2.33. The van der Waals surface area contributed by atoms with Gasteiger partial charge in [0.2, 0.25) is 10.0 Å². The summed E-state index contributed by atoms with van der Waals surface area (Å²) in [6.45, 7) is 5.65. The Balaban J connectivity index is 2.11. The van der Waals surface area contributed by atoms with Gasteiger partial charge in [-0.25, -0.2) is 23.1 Å². The first kappa shape index (κ1) is 18.1. The monoisotopic (exact) mass is 376 g/mol. The Morgan fingerprint density at radius 2 is 2.00 bits per heavy atom. The van der Waals surface area contributed by atoms with Gasteiger partial charge in [0.1, 0.15) is 17.9 Å². The van der Waals surface area contributed by atoms with Crippen molar-refractivity contribution in [1.82, 2.24) is 24.9 Å². The van der Waals surface area contributed by atoms with Crippen molar-refractivity contribution in [2.24, 2.45) is 0 Å². The fraction of sp³-hybridized carbons (Fsp3) is 0.312. The standard InChI is InChI=1S/C16H20N6O3S/c1-9(2)25-13-6-5-11(26(23,24)17-4)7-12(13)20-15-14-10(3)21-22-16(14)19-8-18-15/h5-9,17H,1-4H3,(H2,18,19,20,21,22). The number of fused-ring (bicyclic) bond motifs is 1. The third-order valence-electron chi connectivity index (χ3n) is 3.68. The minimum absolute atomic E-state index is 0.0802. The Bertz CT molecular complexity index is 1050. The first-order valence-corrected chi connectivity index (χ1v) is 9.47. The van der Waals surface area contributed by atoms with Crippen LogP contribution in [0.5, 0.6) is 5.75 Å². The van der Waals surface area contributed by atoms with Crippen LogP contribution in [0.25, 0.3) is 11.0 Å². The maximum absolute atomic E-state index is 12.1. The number of hydrogen-bond acceptors (Lipinski definition) is 7. The zero-order valence-corrected chi connectivity index (χ0v) is 15.7. The van der Waals surface area contributed by atoms with Gasteiger partial charge in [-0.3, -0.25) is 5.10 Å². The highest BCUT2D eigenvalue weighted by molar-refractivity contribution is 7.89. The molecule has 2 aromatic heterocycles. The highest BCUT2D eigenvalue weighted by Gasteiger charge is 2.17. The average molecular weight is 376 g/mol. The third kappa shape index (κ3) is 3.46. The van der Waals surface area contributed by atoms with Gasteiger partial charge in [-0.1, -0.05) is 0 Å². The van der Waals surface area contributed by atoms with Gasteiger partial charge in [-0.2, -0.15) is 5.10 Å². The molecule has 3 rings (SSSR count). The smallest absolute Gasteiger partial charge is 0.240 e. The Morgan fingerprint density at radius 3 is 2.69 bits per heavy atom. The van der Waals surface area contributed by atoms with E-state index in [2.05, 4.69) is 30.2 Å². The van der Waals surface area contributed by atoms with E-state index in [0.717, 1.165) is 11.1 Å². The predicted octanol–water partition coefficient (Wildman–Crippen LogP) is 2.10. The molecule has 0 fully saturated rings. The molecule has 1 aromatic carbocycles. The molecule has 0 unspecified atom stereocenters. The van der Waals surface area contributed by atoms with Crippen molar-refractivity contribution in [2.45, 2.75) is 31.8 Å². The lowest BCUT2D eigenvalue weighted by molar-refractivity contribution is 0.243. The zero-order chi connectivity index (χ0) is 18.9. The topological polar surface area (TPSA) is 122 Å². The Morgan fingerprint density at radius 1 is 1.23 bits per heavy atom. The van der Waals surface area contributed by atoms with Crippen molar-refractivity contribution < 1.29 is 13.2 Å². The van der Waals surface area contributed by atoms with Gasteiger partial charge in [-0.15, -0.1) is 0 Å². The first-order chi connectivity index (χ1) is 12.3. The Hall–Kier alpha value is -2.72. The van der Waals surface area contributed by atoms with Gasteiger partial charge >= 0.3 is 0 Å². The molecule has 0 saturated heterocycles. The SMILES string of the molecule is CNS(=O)(=O)c1ccc(OC(C)C)c(Nc2ncnc3n[nH]c(C)c23)c1. The van der Waals surface area contributed by atoms with Crippen LogP contribution in [0, 0.1) is 6.92 Å². The summed E-state index contributed by atoms with van der Waals surface area (Å²) in [5, 5.41) is 10.9. The summed E-state index contributed by atoms with van der Waals surface area (Å²) in [5.41, 5.74) is 1.80. The van der Waals surface area contributed by atoms with Gasteiger partial charge < -0.3 is 10.1 Å². The van der Waals surface area contributed by atoms with E-state index in [1.54, 1.807) is 6.07 Å². The number of benzene rings is 1. The van der Waals surface area contributed by atoms with Crippen LogP contribution in [0.3, 0.4) is 0 Å². The van der Waals surface area contributed by atoms with Crippen LogP contribution in [0.4, 0.5) is 11.5 Å². The average Bonchev–Trinajstić information content (AvgIpc) is 2.98. The Kier molecular flexibility index (Phi) is 4.79. The number of hydrogen-bond donors (Lipinski definition) is 3. The van der Waals surface area contributed by atoms with Crippen molar-refractivity contribution in [1.29, 1.82) is 0 Å². The van der Waals surface area contributed by atoms with Crippen LogP contribution in [-0.2, 0) is 10.0 Å². The number of aromatic nitrogens is 4. The first-order valence-electron chi connectivity index (χ1n) is 7.98. The molecule has 3 N–H and O–H groups in total. The molecule has 10 heteroatoms. The fourth-order valence-electron chi connectivity index (χ4n) is 2.47. The molecule has 0 amide bonds. The van der Waals surface area contributed by atoms with E-state index in [1.807, 2.05) is 20.8 Å². The van der Waals surface area contributed by atoms with Crippen LogP contribution in [0.15, 0.2) is 29.4 Å². The number of H-pyrrole nitrogens is 1. The fourth-order valence-corrected chi connectivity index (χ4v) is 3.23. The number of nitrogens with one attached hydrogen (secondary N) is 3. The van der Waals surface area contributed by atoms with E-state index < -0.39 is 10.0 Å². The van der Waals surface area contributed by atoms with Gasteiger partial charge in [0.05, 0.1) is 22.1 Å². The molecule has 0 aliphatic carbocycles. The molecule has 0 spiro atoms. The lowest BCUT2D eigenvalue weighted by atomic mass is 10.2. The quantitative estimate of drug-likeness (QED) is 0.602. The minimum atomic E-state index is -3.59. The molecular formula is C16H20N6O3S. The summed E-state index contributed by atoms with van der Waals surface area (Å²) in [7, 11) is -2.23. The van der Waals surface area contributed by atoms with Crippen LogP contribution >= 0.6 is 0 Å². The summed E-state index contributed by atoms with van der Waals surface area (Å²) in [6.07, 6.45) is 1.31. The second kappa shape index (κ2) is 6.89. The number of nitrogens with zero attached hydrogens (tertiary/aromatic N) is 3. The van der Waals surface area contributed by atoms with Gasteiger partial charge in [0, 0.05) is 5.69 Å². The lowest BCUT2D eigenvalue weighted by Gasteiger charge is -2.17. The van der Waals surface area contributed by atoms with Gasteiger partial charge in [0.15, 0.2) is 5.65 Å². The number of aryl methyl sites for hydroxylation is 1. The predicted molar refractivity (Wildman–Crippen MR) is 98.2 cm³/mol. The van der Waals surface area contributed by atoms with E-state index in [4.69, 9.17) is 4.74 Å². The molecular weight excluding hydrogens is 356 g/mol. The molecule has 0 radical (unpaired) electrons. The third-order valence-corrected chi connectivity index (χ3v) is 5.09. The van der Waals surface area contributed by atoms with E-state index >= 15 is 0 Å². The maximum Gasteiger partial charge on any atom is 0.240 e. The number of ether oxygens (including phenoxy) is 1. The van der Waals surface area contributed by atoms with Crippen LogP contribution in [0.2, 0.25) is 0 Å². The summed E-state index contributed by atoms with van der Waals surface area (Å²) in [5.74, 6) is 1.02. The van der Waals surface area contributed by atoms with Crippen LogP contribution in [0.1, 0.15) is 19.5 Å². The minimum Gasteiger partial charge on any atom is -0.489 e. The molecule has 2 heterocycles. The van der Waals surface area contributed by atoms with E-state index in [9.17, 15) is 8.42 Å². The van der Waals surface area contributed by atoms with Crippen molar-refractivity contribution in [2.75, 3.05) is 12.4 Å². The van der Waals surface area contributed by atoms with Crippen molar-refractivity contribution >= 4 is 32.6 Å². The number of anilines is 2. The largest absolute Gasteiger partial charge is 0.489 e. The number of sulfonamides is 1. The maximum atomic E-state index is 12.1. The van der Waals surface area contributed by atoms with Crippen molar-refractivity contribution in [3.8, 4) is 5.75 Å². The highest BCUT2D eigenvalue weighted by atomic mass is 32.2. The molecule has 0 atom stereocenters. The summed E-state index contributed by atoms with van der Waals surface area (Å²) in [6, 6.07) is 4.62. The summed E-state index contributed by atoms with van der Waals surface area (Å²) in [4.78, 5) is 8.50. The molecule has 9 nitrogen and oxygen atoms in total. The normalized spacial score (nSPS) is 11.9. The van der Waals surface area contributed by atoms with E-state index in [1.165, 1.54) is 25.5 Å². The zero-order valence-electron chi connectivity index (χ0n) is 14.9. The summed E-state index contributed by atoms with van der Waals surface area (Å²) < 4.78 is 32.4. The van der Waals surface area contributed by atoms with Gasteiger partial charge in [0.25, 0.3) is 0 Å². The number of rotatable bonds is 6. The Labute approximate surface area is 151 Å². The van der Waals surface area contributed by atoms with E-state index in [0.29, 0.717) is 22.9 Å². The number of aromatic amines is 1. The lowest BCUT2D eigenvalue weighted by Crippen LogP contribution is -2.19. The second-order valence-corrected chi connectivity index (χ2v) is 7.81. The molecule has 26 heavy (non-hydrogen) atoms. The van der Waals surface area contributed by atoms with Crippen LogP contribution < -0.4 is 14.8 Å². The summed E-state index contributed by atoms with van der Waals surface area (Å²) >= 11 is 0. The van der Waals surface area contributed by atoms with Crippen molar-refractivity contribution in [3.05, 3.63) is 30.2 Å². The van der Waals surface area contributed by atoms with E-state index in [-0.39, 0.29) is 11.0 Å². The molecule has 0 aliphatic heterocycles.